The monoisotopic (exact) mass is 387 g/mol. The van der Waals surface area contributed by atoms with E-state index >= 15 is 0 Å². The molecule has 1 aromatic carbocycles. The van der Waals surface area contributed by atoms with E-state index in [-0.39, 0.29) is 11.9 Å². The second-order valence-electron chi connectivity index (χ2n) is 5.99. The van der Waals surface area contributed by atoms with E-state index in [1.807, 2.05) is 11.0 Å². The van der Waals surface area contributed by atoms with Gasteiger partial charge in [-0.2, -0.15) is 0 Å². The van der Waals surface area contributed by atoms with Crippen molar-refractivity contribution in [3.8, 4) is 0 Å². The van der Waals surface area contributed by atoms with Crippen molar-refractivity contribution in [2.24, 2.45) is 0 Å². The maximum Gasteiger partial charge on any atom is 0.338 e. The number of hydrogen-bond donors (Lipinski definition) is 1. The van der Waals surface area contributed by atoms with Crippen LogP contribution in [0, 0.1) is 0 Å². The van der Waals surface area contributed by atoms with Gasteiger partial charge in [-0.25, -0.2) is 4.79 Å². The predicted molar refractivity (Wildman–Crippen MR) is 105 cm³/mol. The Labute approximate surface area is 162 Å². The Bertz CT molecular complexity index is 814. The average molecular weight is 387 g/mol. The van der Waals surface area contributed by atoms with Crippen LogP contribution in [0.1, 0.15) is 27.8 Å². The summed E-state index contributed by atoms with van der Waals surface area (Å²) in [5.74, 6) is -0.127. The third-order valence-corrected chi connectivity index (χ3v) is 4.57. The number of esters is 1. The predicted octanol–water partition coefficient (Wildman–Crippen LogP) is 2.61. The van der Waals surface area contributed by atoms with Gasteiger partial charge in [-0.1, -0.05) is 6.07 Å². The van der Waals surface area contributed by atoms with E-state index in [0.717, 1.165) is 5.69 Å². The van der Waals surface area contributed by atoms with Crippen molar-refractivity contribution in [3.63, 3.8) is 0 Å². The summed E-state index contributed by atoms with van der Waals surface area (Å²) in [5, 5.41) is 3.70. The first-order valence-electron chi connectivity index (χ1n) is 8.74. The van der Waals surface area contributed by atoms with Crippen LogP contribution in [0.15, 0.2) is 47.1 Å². The number of nitrogens with zero attached hydrogens (tertiary/aromatic N) is 2. The van der Waals surface area contributed by atoms with Crippen LogP contribution in [-0.4, -0.2) is 59.6 Å². The molecule has 0 aliphatic carbocycles. The van der Waals surface area contributed by atoms with Gasteiger partial charge in [0.15, 0.2) is 10.9 Å². The van der Waals surface area contributed by atoms with Gasteiger partial charge in [0.25, 0.3) is 5.91 Å². The molecule has 1 saturated heterocycles. The van der Waals surface area contributed by atoms with Gasteiger partial charge in [-0.15, -0.1) is 0 Å². The largest absolute Gasteiger partial charge is 0.462 e. The first-order valence-corrected chi connectivity index (χ1v) is 9.15. The topological polar surface area (TPSA) is 75.0 Å². The SMILES string of the molecule is CCOC(=O)c1cccc(NC(=S)N2CCN(C(=O)c3ccco3)CC2)c1. The molecule has 0 radical (unpaired) electrons. The van der Waals surface area contributed by atoms with E-state index < -0.39 is 0 Å². The van der Waals surface area contributed by atoms with Crippen LogP contribution in [-0.2, 0) is 4.74 Å². The minimum Gasteiger partial charge on any atom is -0.462 e. The second kappa shape index (κ2) is 8.68. The summed E-state index contributed by atoms with van der Waals surface area (Å²) >= 11 is 5.48. The highest BCUT2D eigenvalue weighted by atomic mass is 32.1. The fourth-order valence-corrected chi connectivity index (χ4v) is 3.11. The van der Waals surface area contributed by atoms with Gasteiger partial charge in [0.05, 0.1) is 18.4 Å². The molecular formula is C19H21N3O4S. The van der Waals surface area contributed by atoms with Crippen LogP contribution < -0.4 is 5.32 Å². The lowest BCUT2D eigenvalue weighted by molar-refractivity contribution is 0.0526. The molecule has 1 aliphatic heterocycles. The van der Waals surface area contributed by atoms with Gasteiger partial charge < -0.3 is 24.3 Å². The second-order valence-corrected chi connectivity index (χ2v) is 6.37. The lowest BCUT2D eigenvalue weighted by atomic mass is 10.2. The Morgan fingerprint density at radius 3 is 2.56 bits per heavy atom. The Morgan fingerprint density at radius 2 is 1.89 bits per heavy atom. The number of piperazine rings is 1. The summed E-state index contributed by atoms with van der Waals surface area (Å²) < 4.78 is 10.2. The quantitative estimate of drug-likeness (QED) is 0.638. The standard InChI is InChI=1S/C19H21N3O4S/c1-2-25-18(24)14-5-3-6-15(13-14)20-19(27)22-10-8-21(9-11-22)17(23)16-7-4-12-26-16/h3-7,12-13H,2,8-11H2,1H3,(H,20,27). The van der Waals surface area contributed by atoms with Gasteiger partial charge in [-0.05, 0) is 49.5 Å². The first kappa shape index (κ1) is 18.9. The molecule has 8 heteroatoms. The summed E-state index contributed by atoms with van der Waals surface area (Å²) in [6.07, 6.45) is 1.49. The van der Waals surface area contributed by atoms with Gasteiger partial charge >= 0.3 is 5.97 Å². The molecule has 0 unspecified atom stereocenters. The van der Waals surface area contributed by atoms with E-state index in [1.54, 1.807) is 42.2 Å². The molecule has 0 saturated carbocycles. The molecule has 7 nitrogen and oxygen atoms in total. The lowest BCUT2D eigenvalue weighted by Gasteiger charge is -2.35. The van der Waals surface area contributed by atoms with Crippen LogP contribution in [0.5, 0.6) is 0 Å². The molecule has 0 atom stereocenters. The van der Waals surface area contributed by atoms with Gasteiger partial charge in [-0.3, -0.25) is 4.79 Å². The van der Waals surface area contributed by atoms with E-state index in [4.69, 9.17) is 21.4 Å². The zero-order valence-electron chi connectivity index (χ0n) is 15.0. The fraction of sp³-hybridized carbons (Fsp3) is 0.316. The summed E-state index contributed by atoms with van der Waals surface area (Å²) in [5.41, 5.74) is 1.19. The van der Waals surface area contributed by atoms with Crippen molar-refractivity contribution >= 4 is 34.9 Å². The Balaban J connectivity index is 1.55. The van der Waals surface area contributed by atoms with E-state index in [9.17, 15) is 9.59 Å². The van der Waals surface area contributed by atoms with Crippen LogP contribution in [0.25, 0.3) is 0 Å². The number of hydrogen-bond acceptors (Lipinski definition) is 5. The average Bonchev–Trinajstić information content (AvgIpc) is 3.23. The molecule has 1 amide bonds. The Hall–Kier alpha value is -2.87. The molecule has 27 heavy (non-hydrogen) atoms. The number of carbonyl (C=O) groups is 2. The van der Waals surface area contributed by atoms with E-state index in [2.05, 4.69) is 5.32 Å². The smallest absolute Gasteiger partial charge is 0.338 e. The van der Waals surface area contributed by atoms with Crippen molar-refractivity contribution in [1.82, 2.24) is 9.80 Å². The molecule has 0 spiro atoms. The zero-order valence-corrected chi connectivity index (χ0v) is 15.8. The van der Waals surface area contributed by atoms with Crippen LogP contribution in [0.4, 0.5) is 5.69 Å². The number of anilines is 1. The number of rotatable bonds is 4. The normalized spacial score (nSPS) is 14.0. The summed E-state index contributed by atoms with van der Waals surface area (Å²) in [6, 6.07) is 10.4. The summed E-state index contributed by atoms with van der Waals surface area (Å²) in [6.45, 7) is 4.46. The summed E-state index contributed by atoms with van der Waals surface area (Å²) in [4.78, 5) is 27.9. The van der Waals surface area contributed by atoms with Crippen molar-refractivity contribution in [1.29, 1.82) is 0 Å². The van der Waals surface area contributed by atoms with Crippen LogP contribution in [0.2, 0.25) is 0 Å². The molecule has 1 fully saturated rings. The lowest BCUT2D eigenvalue weighted by Crippen LogP contribution is -2.51. The maximum absolute atomic E-state index is 12.3. The van der Waals surface area contributed by atoms with Crippen molar-refractivity contribution in [2.45, 2.75) is 6.92 Å². The van der Waals surface area contributed by atoms with E-state index in [0.29, 0.717) is 49.2 Å². The molecule has 3 rings (SSSR count). The molecule has 2 heterocycles. The number of carbonyl (C=O) groups excluding carboxylic acids is 2. The van der Waals surface area contributed by atoms with Crippen LogP contribution >= 0.6 is 12.2 Å². The van der Waals surface area contributed by atoms with Crippen molar-refractivity contribution < 1.29 is 18.7 Å². The third-order valence-electron chi connectivity index (χ3n) is 4.21. The number of nitrogens with one attached hydrogen (secondary N) is 1. The van der Waals surface area contributed by atoms with Gasteiger partial charge in [0.1, 0.15) is 0 Å². The Morgan fingerprint density at radius 1 is 1.15 bits per heavy atom. The molecule has 1 aromatic heterocycles. The number of benzene rings is 1. The number of thiocarbonyl (C=S) groups is 1. The highest BCUT2D eigenvalue weighted by Gasteiger charge is 2.24. The maximum atomic E-state index is 12.3. The molecule has 0 bridgehead atoms. The summed E-state index contributed by atoms with van der Waals surface area (Å²) in [7, 11) is 0. The van der Waals surface area contributed by atoms with E-state index in [1.165, 1.54) is 6.26 Å². The minimum atomic E-state index is -0.364. The number of amides is 1. The van der Waals surface area contributed by atoms with Gasteiger partial charge in [0.2, 0.25) is 0 Å². The fourth-order valence-electron chi connectivity index (χ4n) is 2.81. The Kier molecular flexibility index (Phi) is 6.08. The van der Waals surface area contributed by atoms with Crippen molar-refractivity contribution in [3.05, 3.63) is 54.0 Å². The minimum absolute atomic E-state index is 0.110. The molecule has 1 N–H and O–H groups in total. The third kappa shape index (κ3) is 4.65. The molecule has 1 aliphatic rings. The number of ether oxygens (including phenoxy) is 1. The number of furan rings is 1. The molecular weight excluding hydrogens is 366 g/mol. The zero-order chi connectivity index (χ0) is 19.2. The molecule has 2 aromatic rings. The first-order chi connectivity index (χ1) is 13.1. The highest BCUT2D eigenvalue weighted by Crippen LogP contribution is 2.14. The molecule has 142 valence electrons. The van der Waals surface area contributed by atoms with Gasteiger partial charge in [0, 0.05) is 31.9 Å². The van der Waals surface area contributed by atoms with Crippen LogP contribution in [0.3, 0.4) is 0 Å². The highest BCUT2D eigenvalue weighted by molar-refractivity contribution is 7.80. The van der Waals surface area contributed by atoms with Crippen molar-refractivity contribution in [2.75, 3.05) is 38.1 Å².